The minimum atomic E-state index is -0.397. The number of nitrogens with zero attached hydrogens (tertiary/aromatic N) is 2. The summed E-state index contributed by atoms with van der Waals surface area (Å²) in [6.07, 6.45) is 0.264. The van der Waals surface area contributed by atoms with Gasteiger partial charge in [0.2, 0.25) is 0 Å². The molecule has 0 aliphatic carbocycles. The quantitative estimate of drug-likeness (QED) is 0.870. The molecule has 2 N–H and O–H groups in total. The van der Waals surface area contributed by atoms with Crippen LogP contribution in [0.25, 0.3) is 0 Å². The van der Waals surface area contributed by atoms with Crippen LogP contribution in [0.5, 0.6) is 11.5 Å². The number of carbonyl (C=O) groups excluding carboxylic acids is 1. The van der Waals surface area contributed by atoms with Crippen molar-refractivity contribution in [2.75, 3.05) is 36.4 Å². The lowest BCUT2D eigenvalue weighted by Gasteiger charge is -2.36. The summed E-state index contributed by atoms with van der Waals surface area (Å²) in [5.41, 5.74) is 2.81. The Hall–Kier alpha value is -2.73. The summed E-state index contributed by atoms with van der Waals surface area (Å²) in [6, 6.07) is 13.5. The normalized spacial score (nSPS) is 20.0. The van der Waals surface area contributed by atoms with E-state index in [0.717, 1.165) is 55.4 Å². The Balaban J connectivity index is 1.38. The fraction of sp³-hybridized carbons (Fsp3) is 0.381. The standard InChI is InChI=1S/C21H25N3O3/c1-2-19-21(26)22-16-13-15(7-8-20(16)27-19)14-23-9-11-24(12-10-23)17-5-3-4-6-18(17)25/h3-8,13,19,25H,2,9-12,14H2,1H3,(H,22,26). The maximum atomic E-state index is 12.0. The van der Waals surface area contributed by atoms with Crippen LogP contribution in [0.4, 0.5) is 11.4 Å². The minimum Gasteiger partial charge on any atom is -0.506 e. The second kappa shape index (κ2) is 7.48. The van der Waals surface area contributed by atoms with Crippen molar-refractivity contribution in [3.63, 3.8) is 0 Å². The number of phenolic OH excluding ortho intramolecular Hbond substituents is 1. The molecule has 4 rings (SSSR count). The number of phenols is 1. The molecule has 2 heterocycles. The largest absolute Gasteiger partial charge is 0.506 e. The van der Waals surface area contributed by atoms with E-state index in [0.29, 0.717) is 12.2 Å². The molecule has 6 heteroatoms. The van der Waals surface area contributed by atoms with E-state index in [1.807, 2.05) is 37.3 Å². The van der Waals surface area contributed by atoms with Crippen molar-refractivity contribution in [3.05, 3.63) is 48.0 Å². The van der Waals surface area contributed by atoms with Crippen molar-refractivity contribution in [1.29, 1.82) is 0 Å². The Morgan fingerprint density at radius 2 is 1.93 bits per heavy atom. The molecule has 0 bridgehead atoms. The number of amides is 1. The second-order valence-electron chi connectivity index (χ2n) is 7.09. The second-order valence-corrected chi connectivity index (χ2v) is 7.09. The number of piperazine rings is 1. The van der Waals surface area contributed by atoms with Crippen LogP contribution in [0, 0.1) is 0 Å². The third kappa shape index (κ3) is 3.71. The van der Waals surface area contributed by atoms with Crippen LogP contribution in [0.2, 0.25) is 0 Å². The number of rotatable bonds is 4. The van der Waals surface area contributed by atoms with E-state index < -0.39 is 6.10 Å². The average molecular weight is 367 g/mol. The number of anilines is 2. The number of hydrogen-bond donors (Lipinski definition) is 2. The number of benzene rings is 2. The topological polar surface area (TPSA) is 65.0 Å². The van der Waals surface area contributed by atoms with Gasteiger partial charge in [-0.25, -0.2) is 0 Å². The van der Waals surface area contributed by atoms with Gasteiger partial charge in [0.1, 0.15) is 11.5 Å². The molecule has 0 aromatic heterocycles. The molecule has 27 heavy (non-hydrogen) atoms. The number of carbonyl (C=O) groups is 1. The zero-order chi connectivity index (χ0) is 18.8. The van der Waals surface area contributed by atoms with E-state index in [1.165, 1.54) is 0 Å². The summed E-state index contributed by atoms with van der Waals surface area (Å²) < 4.78 is 5.76. The highest BCUT2D eigenvalue weighted by molar-refractivity contribution is 5.97. The van der Waals surface area contributed by atoms with Crippen LogP contribution in [0.15, 0.2) is 42.5 Å². The fourth-order valence-electron chi connectivity index (χ4n) is 3.70. The van der Waals surface area contributed by atoms with Crippen LogP contribution in [0.1, 0.15) is 18.9 Å². The Labute approximate surface area is 159 Å². The molecule has 2 aliphatic rings. The lowest BCUT2D eigenvalue weighted by molar-refractivity contribution is -0.123. The highest BCUT2D eigenvalue weighted by Crippen LogP contribution is 2.32. The Morgan fingerprint density at radius 3 is 2.67 bits per heavy atom. The Bertz CT molecular complexity index is 831. The van der Waals surface area contributed by atoms with E-state index in [4.69, 9.17) is 4.74 Å². The van der Waals surface area contributed by atoms with Crippen molar-refractivity contribution in [2.45, 2.75) is 26.0 Å². The molecule has 0 spiro atoms. The van der Waals surface area contributed by atoms with E-state index in [1.54, 1.807) is 6.07 Å². The van der Waals surface area contributed by atoms with Gasteiger partial charge in [0.05, 0.1) is 11.4 Å². The molecule has 1 saturated heterocycles. The molecule has 1 unspecified atom stereocenters. The van der Waals surface area contributed by atoms with E-state index in [9.17, 15) is 9.90 Å². The van der Waals surface area contributed by atoms with Crippen molar-refractivity contribution in [1.82, 2.24) is 4.90 Å². The zero-order valence-electron chi connectivity index (χ0n) is 15.5. The highest BCUT2D eigenvalue weighted by Gasteiger charge is 2.26. The molecule has 1 amide bonds. The summed E-state index contributed by atoms with van der Waals surface area (Å²) in [7, 11) is 0. The molecule has 1 fully saturated rings. The number of para-hydroxylation sites is 2. The maximum absolute atomic E-state index is 12.0. The summed E-state index contributed by atoms with van der Waals surface area (Å²) >= 11 is 0. The van der Waals surface area contributed by atoms with Crippen LogP contribution >= 0.6 is 0 Å². The average Bonchev–Trinajstić information content (AvgIpc) is 2.68. The maximum Gasteiger partial charge on any atom is 0.265 e. The molecule has 2 aromatic carbocycles. The van der Waals surface area contributed by atoms with Gasteiger partial charge in [-0.1, -0.05) is 25.1 Å². The van der Waals surface area contributed by atoms with Gasteiger partial charge in [0, 0.05) is 32.7 Å². The molecule has 142 valence electrons. The molecule has 6 nitrogen and oxygen atoms in total. The van der Waals surface area contributed by atoms with Gasteiger partial charge in [-0.2, -0.15) is 0 Å². The van der Waals surface area contributed by atoms with Crippen LogP contribution in [-0.2, 0) is 11.3 Å². The molecular formula is C21H25N3O3. The minimum absolute atomic E-state index is 0.0709. The van der Waals surface area contributed by atoms with Gasteiger partial charge >= 0.3 is 0 Å². The number of fused-ring (bicyclic) bond motifs is 1. The van der Waals surface area contributed by atoms with Crippen LogP contribution in [0.3, 0.4) is 0 Å². The molecule has 2 aromatic rings. The first-order chi connectivity index (χ1) is 13.1. The summed E-state index contributed by atoms with van der Waals surface area (Å²) in [5, 5.41) is 13.0. The zero-order valence-corrected chi connectivity index (χ0v) is 15.5. The van der Waals surface area contributed by atoms with Gasteiger partial charge in [0.25, 0.3) is 5.91 Å². The smallest absolute Gasteiger partial charge is 0.265 e. The van der Waals surface area contributed by atoms with Crippen LogP contribution < -0.4 is 15.0 Å². The first kappa shape index (κ1) is 17.7. The van der Waals surface area contributed by atoms with Gasteiger partial charge in [0.15, 0.2) is 6.10 Å². The summed E-state index contributed by atoms with van der Waals surface area (Å²) in [6.45, 7) is 6.37. The first-order valence-corrected chi connectivity index (χ1v) is 9.50. The molecule has 2 aliphatic heterocycles. The van der Waals surface area contributed by atoms with Gasteiger partial charge in [-0.15, -0.1) is 0 Å². The SMILES string of the molecule is CCC1Oc2ccc(CN3CCN(c4ccccc4O)CC3)cc2NC1=O. The molecular weight excluding hydrogens is 342 g/mol. The lowest BCUT2D eigenvalue weighted by atomic mass is 10.1. The number of aromatic hydroxyl groups is 1. The van der Waals surface area contributed by atoms with Gasteiger partial charge in [-0.05, 0) is 36.2 Å². The summed E-state index contributed by atoms with van der Waals surface area (Å²) in [5.74, 6) is 1.01. The lowest BCUT2D eigenvalue weighted by Crippen LogP contribution is -2.46. The Kier molecular flexibility index (Phi) is 4.90. The Morgan fingerprint density at radius 1 is 1.15 bits per heavy atom. The number of nitrogens with one attached hydrogen (secondary N) is 1. The molecule has 0 saturated carbocycles. The van der Waals surface area contributed by atoms with Crippen LogP contribution in [-0.4, -0.2) is 48.2 Å². The number of hydrogen-bond acceptors (Lipinski definition) is 5. The van der Waals surface area contributed by atoms with E-state index in [-0.39, 0.29) is 5.91 Å². The van der Waals surface area contributed by atoms with Crippen molar-refractivity contribution in [3.8, 4) is 11.5 Å². The van der Waals surface area contributed by atoms with Gasteiger partial charge in [-0.3, -0.25) is 9.69 Å². The predicted molar refractivity (Wildman–Crippen MR) is 105 cm³/mol. The molecule has 0 radical (unpaired) electrons. The number of ether oxygens (including phenoxy) is 1. The monoisotopic (exact) mass is 367 g/mol. The first-order valence-electron chi connectivity index (χ1n) is 9.50. The third-order valence-electron chi connectivity index (χ3n) is 5.24. The van der Waals surface area contributed by atoms with Gasteiger partial charge < -0.3 is 20.1 Å². The van der Waals surface area contributed by atoms with Crippen molar-refractivity contribution in [2.24, 2.45) is 0 Å². The van der Waals surface area contributed by atoms with Crippen molar-refractivity contribution < 1.29 is 14.6 Å². The van der Waals surface area contributed by atoms with Crippen molar-refractivity contribution >= 4 is 17.3 Å². The van der Waals surface area contributed by atoms with E-state index in [2.05, 4.69) is 21.2 Å². The summed E-state index contributed by atoms with van der Waals surface area (Å²) in [4.78, 5) is 16.6. The molecule has 1 atom stereocenters. The highest BCUT2D eigenvalue weighted by atomic mass is 16.5. The van der Waals surface area contributed by atoms with E-state index >= 15 is 0 Å². The third-order valence-corrected chi connectivity index (χ3v) is 5.24. The predicted octanol–water partition coefficient (Wildman–Crippen LogP) is 2.82. The fourth-order valence-corrected chi connectivity index (χ4v) is 3.70.